The second-order valence-corrected chi connectivity index (χ2v) is 5.98. The van der Waals surface area contributed by atoms with Gasteiger partial charge in [0, 0.05) is 23.9 Å². The van der Waals surface area contributed by atoms with E-state index in [1.165, 1.54) is 0 Å². The van der Waals surface area contributed by atoms with Gasteiger partial charge in [-0.1, -0.05) is 34.2 Å². The summed E-state index contributed by atoms with van der Waals surface area (Å²) in [6, 6.07) is 3.89. The molecule has 16 heavy (non-hydrogen) atoms. The van der Waals surface area contributed by atoms with Crippen molar-refractivity contribution in [1.29, 1.82) is 0 Å². The Morgan fingerprint density at radius 3 is 2.75 bits per heavy atom. The summed E-state index contributed by atoms with van der Waals surface area (Å²) in [5.74, 6) is 0.666. The summed E-state index contributed by atoms with van der Waals surface area (Å²) >= 11 is 8.55. The van der Waals surface area contributed by atoms with Gasteiger partial charge in [0.2, 0.25) is 0 Å². The van der Waals surface area contributed by atoms with Crippen molar-refractivity contribution in [1.82, 2.24) is 4.98 Å². The molecule has 0 saturated carbocycles. The highest BCUT2D eigenvalue weighted by atomic mass is 127. The summed E-state index contributed by atoms with van der Waals surface area (Å²) in [5.41, 5.74) is 2.11. The summed E-state index contributed by atoms with van der Waals surface area (Å²) in [4.78, 5) is 4.58. The van der Waals surface area contributed by atoms with Crippen LogP contribution in [0.25, 0.3) is 0 Å². The lowest BCUT2D eigenvalue weighted by molar-refractivity contribution is 0.0666. The van der Waals surface area contributed by atoms with E-state index >= 15 is 0 Å². The Labute approximate surface area is 115 Å². The average Bonchev–Trinajstić information content (AvgIpc) is 2.28. The maximum Gasteiger partial charge on any atom is 0.0562 e. The van der Waals surface area contributed by atoms with Crippen molar-refractivity contribution in [2.45, 2.75) is 23.7 Å². The summed E-state index contributed by atoms with van der Waals surface area (Å²) in [6.45, 7) is 3.75. The quantitative estimate of drug-likeness (QED) is 0.594. The molecule has 2 heterocycles. The molecule has 1 aromatic heterocycles. The molecule has 0 radical (unpaired) electrons. The van der Waals surface area contributed by atoms with E-state index in [9.17, 15) is 0 Å². The normalized spacial score (nSPS) is 19.7. The van der Waals surface area contributed by atoms with Gasteiger partial charge in [-0.05, 0) is 37.8 Å². The highest BCUT2D eigenvalue weighted by molar-refractivity contribution is 14.1. The number of aromatic nitrogens is 1. The molecule has 1 atom stereocenters. The molecule has 0 aliphatic carbocycles. The molecule has 2 nitrogen and oxygen atoms in total. The van der Waals surface area contributed by atoms with E-state index in [4.69, 9.17) is 16.3 Å². The van der Waals surface area contributed by atoms with Gasteiger partial charge in [-0.2, -0.15) is 0 Å². The Morgan fingerprint density at radius 1 is 1.44 bits per heavy atom. The van der Waals surface area contributed by atoms with Gasteiger partial charge >= 0.3 is 0 Å². The minimum Gasteiger partial charge on any atom is -0.381 e. The summed E-state index contributed by atoms with van der Waals surface area (Å²) in [6.07, 6.45) is 2.25. The maximum absolute atomic E-state index is 6.07. The van der Waals surface area contributed by atoms with Crippen LogP contribution in [0.4, 0.5) is 0 Å². The fraction of sp³-hybridized carbons (Fsp3) is 0.583. The van der Waals surface area contributed by atoms with Crippen LogP contribution in [-0.4, -0.2) is 18.2 Å². The number of hydrogen-bond donors (Lipinski definition) is 0. The molecule has 1 fully saturated rings. The standard InChI is InChI=1S/C12H15ClINO/c1-8-6-10(13)7-11(15-8)12(14)9-2-4-16-5-3-9/h6-7,9,12H,2-5H2,1H3. The van der Waals surface area contributed by atoms with Gasteiger partial charge in [-0.25, -0.2) is 0 Å². The molecule has 0 N–H and O–H groups in total. The van der Waals surface area contributed by atoms with E-state index in [1.807, 2.05) is 19.1 Å². The van der Waals surface area contributed by atoms with Crippen LogP contribution in [0.2, 0.25) is 5.02 Å². The summed E-state index contributed by atoms with van der Waals surface area (Å²) < 4.78 is 5.83. The summed E-state index contributed by atoms with van der Waals surface area (Å²) in [7, 11) is 0. The molecule has 88 valence electrons. The zero-order chi connectivity index (χ0) is 11.5. The average molecular weight is 352 g/mol. The summed E-state index contributed by atoms with van der Waals surface area (Å²) in [5, 5.41) is 0.788. The van der Waals surface area contributed by atoms with Crippen LogP contribution in [0.1, 0.15) is 28.2 Å². The topological polar surface area (TPSA) is 22.1 Å². The molecular weight excluding hydrogens is 336 g/mol. The second kappa shape index (κ2) is 5.65. The fourth-order valence-corrected chi connectivity index (χ4v) is 3.35. The smallest absolute Gasteiger partial charge is 0.0562 e. The molecule has 0 bridgehead atoms. The Balaban J connectivity index is 2.15. The third-order valence-corrected chi connectivity index (χ3v) is 4.77. The lowest BCUT2D eigenvalue weighted by Gasteiger charge is -2.26. The van der Waals surface area contributed by atoms with Crippen LogP contribution < -0.4 is 0 Å². The zero-order valence-electron chi connectivity index (χ0n) is 9.25. The van der Waals surface area contributed by atoms with Gasteiger partial charge in [0.1, 0.15) is 0 Å². The molecule has 0 amide bonds. The van der Waals surface area contributed by atoms with Crippen molar-refractivity contribution >= 4 is 34.2 Å². The second-order valence-electron chi connectivity index (χ2n) is 4.20. The minimum absolute atomic E-state index is 0.443. The van der Waals surface area contributed by atoms with Crippen molar-refractivity contribution < 1.29 is 4.74 Å². The molecule has 0 spiro atoms. The SMILES string of the molecule is Cc1cc(Cl)cc(C(I)C2CCOCC2)n1. The number of aryl methyl sites for hydroxylation is 1. The van der Waals surface area contributed by atoms with Crippen LogP contribution in [0.15, 0.2) is 12.1 Å². The van der Waals surface area contributed by atoms with Crippen LogP contribution in [0.3, 0.4) is 0 Å². The lowest BCUT2D eigenvalue weighted by atomic mass is 9.94. The van der Waals surface area contributed by atoms with E-state index in [2.05, 4.69) is 27.6 Å². The van der Waals surface area contributed by atoms with Crippen molar-refractivity contribution in [3.05, 3.63) is 28.5 Å². The molecule has 1 aliphatic rings. The molecule has 1 unspecified atom stereocenters. The van der Waals surface area contributed by atoms with Crippen LogP contribution >= 0.6 is 34.2 Å². The molecule has 2 rings (SSSR count). The first-order valence-electron chi connectivity index (χ1n) is 5.52. The molecule has 1 aromatic rings. The van der Waals surface area contributed by atoms with Crippen LogP contribution in [0, 0.1) is 12.8 Å². The van der Waals surface area contributed by atoms with Gasteiger partial charge < -0.3 is 4.74 Å². The van der Waals surface area contributed by atoms with Crippen LogP contribution in [-0.2, 0) is 4.74 Å². The van der Waals surface area contributed by atoms with Gasteiger partial charge in [0.25, 0.3) is 0 Å². The number of alkyl halides is 1. The third-order valence-electron chi connectivity index (χ3n) is 2.90. The maximum atomic E-state index is 6.07. The highest BCUT2D eigenvalue weighted by Gasteiger charge is 2.24. The van der Waals surface area contributed by atoms with E-state index in [1.54, 1.807) is 0 Å². The first-order valence-corrected chi connectivity index (χ1v) is 7.15. The number of pyridine rings is 1. The van der Waals surface area contributed by atoms with Gasteiger partial charge in [-0.15, -0.1) is 0 Å². The van der Waals surface area contributed by atoms with Crippen molar-refractivity contribution in [2.24, 2.45) is 5.92 Å². The van der Waals surface area contributed by atoms with Crippen molar-refractivity contribution in [3.8, 4) is 0 Å². The lowest BCUT2D eigenvalue weighted by Crippen LogP contribution is -2.19. The predicted molar refractivity (Wildman–Crippen MR) is 74.3 cm³/mol. The number of halogens is 2. The van der Waals surface area contributed by atoms with E-state index in [0.29, 0.717) is 9.84 Å². The number of rotatable bonds is 2. The Kier molecular flexibility index (Phi) is 4.44. The zero-order valence-corrected chi connectivity index (χ0v) is 12.2. The minimum atomic E-state index is 0.443. The molecule has 1 aliphatic heterocycles. The Hall–Kier alpha value is 0.130. The van der Waals surface area contributed by atoms with E-state index in [-0.39, 0.29) is 0 Å². The monoisotopic (exact) mass is 351 g/mol. The van der Waals surface area contributed by atoms with E-state index < -0.39 is 0 Å². The van der Waals surface area contributed by atoms with Gasteiger partial charge in [-0.3, -0.25) is 4.98 Å². The van der Waals surface area contributed by atoms with Gasteiger partial charge in [0.15, 0.2) is 0 Å². The molecule has 0 aromatic carbocycles. The largest absolute Gasteiger partial charge is 0.381 e. The molecule has 1 saturated heterocycles. The predicted octanol–water partition coefficient (Wildman–Crippen LogP) is 3.95. The Morgan fingerprint density at radius 2 is 2.12 bits per heavy atom. The first-order chi connectivity index (χ1) is 7.66. The molecule has 4 heteroatoms. The number of hydrogen-bond acceptors (Lipinski definition) is 2. The fourth-order valence-electron chi connectivity index (χ4n) is 2.04. The van der Waals surface area contributed by atoms with Gasteiger partial charge in [0.05, 0.1) is 9.62 Å². The van der Waals surface area contributed by atoms with Crippen molar-refractivity contribution in [3.63, 3.8) is 0 Å². The first kappa shape index (κ1) is 12.6. The number of ether oxygens (including phenoxy) is 1. The third kappa shape index (κ3) is 3.08. The van der Waals surface area contributed by atoms with E-state index in [0.717, 1.165) is 42.5 Å². The number of nitrogens with zero attached hydrogens (tertiary/aromatic N) is 1. The molecular formula is C12H15ClINO. The Bertz CT molecular complexity index is 346. The van der Waals surface area contributed by atoms with Crippen molar-refractivity contribution in [2.75, 3.05) is 13.2 Å². The highest BCUT2D eigenvalue weighted by Crippen LogP contribution is 2.37. The van der Waals surface area contributed by atoms with Crippen LogP contribution in [0.5, 0.6) is 0 Å².